The van der Waals surface area contributed by atoms with Crippen molar-refractivity contribution >= 4 is 17.8 Å². The standard InChI is InChI=1S/C35H36N2O5/c1-3-42-32-20-12-7-15-27(32)21-23-37(24-22-33(38)39)35(41)31-19-11-9-17-29(31)28-16-8-10-18-30(28)34(40)36-25(2)26-13-5-4-6-14-26/h4-20,25H,3,21-24H2,1-2H3,(H,36,40)(H,38,39). The lowest BCUT2D eigenvalue weighted by molar-refractivity contribution is -0.137. The predicted octanol–water partition coefficient (Wildman–Crippen LogP) is 6.40. The fourth-order valence-corrected chi connectivity index (χ4v) is 4.90. The zero-order valence-corrected chi connectivity index (χ0v) is 24.0. The van der Waals surface area contributed by atoms with Gasteiger partial charge in [-0.25, -0.2) is 0 Å². The molecule has 0 radical (unpaired) electrons. The van der Waals surface area contributed by atoms with Crippen LogP contribution in [0.4, 0.5) is 0 Å². The van der Waals surface area contributed by atoms with Crippen molar-refractivity contribution in [2.75, 3.05) is 19.7 Å². The Morgan fingerprint density at radius 3 is 2.07 bits per heavy atom. The van der Waals surface area contributed by atoms with E-state index in [0.29, 0.717) is 41.8 Å². The smallest absolute Gasteiger partial charge is 0.305 e. The Kier molecular flexibility index (Phi) is 10.5. The van der Waals surface area contributed by atoms with E-state index >= 15 is 0 Å². The quantitative estimate of drug-likeness (QED) is 0.196. The van der Waals surface area contributed by atoms with Gasteiger partial charge in [-0.1, -0.05) is 84.9 Å². The van der Waals surface area contributed by atoms with Crippen LogP contribution in [0.2, 0.25) is 0 Å². The monoisotopic (exact) mass is 564 g/mol. The van der Waals surface area contributed by atoms with Gasteiger partial charge in [0, 0.05) is 24.2 Å². The number of rotatable bonds is 13. The molecule has 7 nitrogen and oxygen atoms in total. The number of nitrogens with one attached hydrogen (secondary N) is 1. The SMILES string of the molecule is CCOc1ccccc1CCN(CCC(=O)O)C(=O)c1ccccc1-c1ccccc1C(=O)NC(C)c1ccccc1. The Hall–Kier alpha value is -4.91. The molecule has 0 fully saturated rings. The first-order chi connectivity index (χ1) is 20.4. The lowest BCUT2D eigenvalue weighted by Gasteiger charge is -2.24. The number of aliphatic carboxylic acids is 1. The lowest BCUT2D eigenvalue weighted by Crippen LogP contribution is -2.35. The van der Waals surface area contributed by atoms with E-state index in [9.17, 15) is 19.5 Å². The number of carbonyl (C=O) groups excluding carboxylic acids is 2. The van der Waals surface area contributed by atoms with Crippen LogP contribution in [0.15, 0.2) is 103 Å². The summed E-state index contributed by atoms with van der Waals surface area (Å²) in [6.45, 7) is 4.72. The summed E-state index contributed by atoms with van der Waals surface area (Å²) < 4.78 is 5.75. The number of carbonyl (C=O) groups is 3. The molecule has 2 N–H and O–H groups in total. The Morgan fingerprint density at radius 2 is 1.38 bits per heavy atom. The van der Waals surface area contributed by atoms with Crippen LogP contribution in [0.5, 0.6) is 5.75 Å². The molecule has 4 aromatic rings. The minimum atomic E-state index is -0.981. The van der Waals surface area contributed by atoms with Crippen LogP contribution in [0.3, 0.4) is 0 Å². The summed E-state index contributed by atoms with van der Waals surface area (Å²) in [5.41, 5.74) is 4.00. The topological polar surface area (TPSA) is 95.9 Å². The number of para-hydroxylation sites is 1. The number of hydrogen-bond donors (Lipinski definition) is 2. The molecule has 216 valence electrons. The van der Waals surface area contributed by atoms with Crippen molar-refractivity contribution in [1.82, 2.24) is 10.2 Å². The second kappa shape index (κ2) is 14.6. The first kappa shape index (κ1) is 30.1. The molecule has 7 heteroatoms. The highest BCUT2D eigenvalue weighted by molar-refractivity contribution is 6.06. The van der Waals surface area contributed by atoms with Gasteiger partial charge in [0.25, 0.3) is 11.8 Å². The molecule has 2 amide bonds. The number of carboxylic acid groups (broad SMARTS) is 1. The van der Waals surface area contributed by atoms with E-state index in [1.54, 1.807) is 29.2 Å². The average Bonchev–Trinajstić information content (AvgIpc) is 3.02. The molecule has 0 spiro atoms. The number of carboxylic acids is 1. The van der Waals surface area contributed by atoms with E-state index in [0.717, 1.165) is 16.9 Å². The molecule has 4 rings (SSSR count). The number of ether oxygens (including phenoxy) is 1. The molecule has 42 heavy (non-hydrogen) atoms. The van der Waals surface area contributed by atoms with E-state index in [1.165, 1.54) is 0 Å². The molecule has 4 aromatic carbocycles. The van der Waals surface area contributed by atoms with Crippen molar-refractivity contribution in [3.8, 4) is 16.9 Å². The lowest BCUT2D eigenvalue weighted by atomic mass is 9.94. The summed E-state index contributed by atoms with van der Waals surface area (Å²) >= 11 is 0. The Bertz CT molecular complexity index is 1520. The third-order valence-electron chi connectivity index (χ3n) is 7.07. The summed E-state index contributed by atoms with van der Waals surface area (Å²) in [4.78, 5) is 40.5. The maximum absolute atomic E-state index is 14.0. The highest BCUT2D eigenvalue weighted by atomic mass is 16.5. The van der Waals surface area contributed by atoms with Crippen molar-refractivity contribution in [3.05, 3.63) is 125 Å². The number of amides is 2. The third-order valence-corrected chi connectivity index (χ3v) is 7.07. The molecule has 0 aromatic heterocycles. The van der Waals surface area contributed by atoms with Gasteiger partial charge in [0.2, 0.25) is 0 Å². The molecule has 0 aliphatic heterocycles. The summed E-state index contributed by atoms with van der Waals surface area (Å²) in [7, 11) is 0. The Morgan fingerprint density at radius 1 is 0.786 bits per heavy atom. The fourth-order valence-electron chi connectivity index (χ4n) is 4.90. The maximum atomic E-state index is 14.0. The van der Waals surface area contributed by atoms with E-state index in [4.69, 9.17) is 4.74 Å². The van der Waals surface area contributed by atoms with E-state index in [-0.39, 0.29) is 30.8 Å². The van der Waals surface area contributed by atoms with Crippen molar-refractivity contribution in [1.29, 1.82) is 0 Å². The van der Waals surface area contributed by atoms with Gasteiger partial charge in [-0.3, -0.25) is 14.4 Å². The van der Waals surface area contributed by atoms with Crippen LogP contribution in [-0.4, -0.2) is 47.5 Å². The van der Waals surface area contributed by atoms with Crippen LogP contribution in [-0.2, 0) is 11.2 Å². The molecule has 1 atom stereocenters. The summed E-state index contributed by atoms with van der Waals surface area (Å²) in [6.07, 6.45) is 0.317. The van der Waals surface area contributed by atoms with Crippen LogP contribution < -0.4 is 10.1 Å². The zero-order chi connectivity index (χ0) is 29.9. The fraction of sp³-hybridized carbons (Fsp3) is 0.229. The zero-order valence-electron chi connectivity index (χ0n) is 24.0. The molecule has 0 aliphatic rings. The van der Waals surface area contributed by atoms with Crippen LogP contribution in [0.1, 0.15) is 58.2 Å². The Balaban J connectivity index is 1.63. The van der Waals surface area contributed by atoms with Gasteiger partial charge < -0.3 is 20.1 Å². The van der Waals surface area contributed by atoms with Crippen molar-refractivity contribution in [2.24, 2.45) is 0 Å². The highest BCUT2D eigenvalue weighted by Crippen LogP contribution is 2.29. The minimum Gasteiger partial charge on any atom is -0.494 e. The molecule has 0 aliphatic carbocycles. The average molecular weight is 565 g/mol. The van der Waals surface area contributed by atoms with Gasteiger partial charge in [0.05, 0.1) is 19.1 Å². The molecular weight excluding hydrogens is 528 g/mol. The van der Waals surface area contributed by atoms with Gasteiger partial charge in [0.15, 0.2) is 0 Å². The second-order valence-corrected chi connectivity index (χ2v) is 9.92. The largest absolute Gasteiger partial charge is 0.494 e. The number of hydrogen-bond acceptors (Lipinski definition) is 4. The van der Waals surface area contributed by atoms with Crippen molar-refractivity contribution in [3.63, 3.8) is 0 Å². The first-order valence-electron chi connectivity index (χ1n) is 14.1. The van der Waals surface area contributed by atoms with Crippen molar-refractivity contribution < 1.29 is 24.2 Å². The maximum Gasteiger partial charge on any atom is 0.305 e. The number of nitrogens with zero attached hydrogens (tertiary/aromatic N) is 1. The van der Waals surface area contributed by atoms with Gasteiger partial charge in [-0.05, 0) is 60.7 Å². The van der Waals surface area contributed by atoms with Gasteiger partial charge in [0.1, 0.15) is 5.75 Å². The Labute approximate surface area is 246 Å². The van der Waals surface area contributed by atoms with Gasteiger partial charge >= 0.3 is 5.97 Å². The van der Waals surface area contributed by atoms with Crippen LogP contribution in [0, 0.1) is 0 Å². The molecular formula is C35H36N2O5. The second-order valence-electron chi connectivity index (χ2n) is 9.92. The molecule has 0 bridgehead atoms. The van der Waals surface area contributed by atoms with E-state index in [2.05, 4.69) is 5.32 Å². The highest BCUT2D eigenvalue weighted by Gasteiger charge is 2.23. The molecule has 1 unspecified atom stereocenters. The van der Waals surface area contributed by atoms with Gasteiger partial charge in [-0.15, -0.1) is 0 Å². The minimum absolute atomic E-state index is 0.0516. The number of benzene rings is 4. The summed E-state index contributed by atoms with van der Waals surface area (Å²) in [6, 6.07) is 31.5. The van der Waals surface area contributed by atoms with E-state index < -0.39 is 5.97 Å². The van der Waals surface area contributed by atoms with E-state index in [1.807, 2.05) is 92.7 Å². The normalized spacial score (nSPS) is 11.4. The van der Waals surface area contributed by atoms with Crippen LogP contribution in [0.25, 0.3) is 11.1 Å². The molecule has 0 saturated heterocycles. The molecule has 0 heterocycles. The van der Waals surface area contributed by atoms with Crippen molar-refractivity contribution in [2.45, 2.75) is 32.7 Å². The molecule has 0 saturated carbocycles. The predicted molar refractivity (Wildman–Crippen MR) is 164 cm³/mol. The summed E-state index contributed by atoms with van der Waals surface area (Å²) in [5.74, 6) is -0.783. The summed E-state index contributed by atoms with van der Waals surface area (Å²) in [5, 5.41) is 12.5. The van der Waals surface area contributed by atoms with Crippen LogP contribution >= 0.6 is 0 Å². The van der Waals surface area contributed by atoms with Gasteiger partial charge in [-0.2, -0.15) is 0 Å². The third kappa shape index (κ3) is 7.63. The first-order valence-corrected chi connectivity index (χ1v) is 14.1.